The van der Waals surface area contributed by atoms with Gasteiger partial charge in [-0.05, 0) is 80.2 Å². The van der Waals surface area contributed by atoms with Crippen LogP contribution in [-0.4, -0.2) is 0 Å². The van der Waals surface area contributed by atoms with Crippen molar-refractivity contribution in [3.05, 3.63) is 188 Å². The van der Waals surface area contributed by atoms with Crippen LogP contribution in [0.5, 0.6) is 0 Å². The third-order valence-electron chi connectivity index (χ3n) is 10.0. The minimum atomic E-state index is 1.12. The van der Waals surface area contributed by atoms with Crippen molar-refractivity contribution >= 4 is 80.9 Å². The Kier molecular flexibility index (Phi) is 6.75. The van der Waals surface area contributed by atoms with Gasteiger partial charge in [0.2, 0.25) is 0 Å². The van der Waals surface area contributed by atoms with Crippen molar-refractivity contribution in [3.63, 3.8) is 0 Å². The Morgan fingerprint density at radius 3 is 1.68 bits per heavy atom. The van der Waals surface area contributed by atoms with Crippen LogP contribution in [0, 0.1) is 0 Å². The van der Waals surface area contributed by atoms with E-state index in [-0.39, 0.29) is 0 Å². The molecule has 0 aliphatic rings. The molecule has 0 aliphatic heterocycles. The molecule has 0 atom stereocenters. The normalized spacial score (nSPS) is 11.6. The van der Waals surface area contributed by atoms with Crippen molar-refractivity contribution in [2.45, 2.75) is 0 Å². The summed E-state index contributed by atoms with van der Waals surface area (Å²) in [5, 5.41) is 10.1. The molecule has 0 bridgehead atoms. The van der Waals surface area contributed by atoms with Gasteiger partial charge in [0, 0.05) is 42.3 Å². The topological polar surface area (TPSA) is 3.24 Å². The average molecular weight is 654 g/mol. The van der Waals surface area contributed by atoms with Crippen molar-refractivity contribution in [1.82, 2.24) is 0 Å². The average Bonchev–Trinajstić information content (AvgIpc) is 3.57. The number of hydrogen-bond donors (Lipinski definition) is 0. The van der Waals surface area contributed by atoms with Gasteiger partial charge in [0.1, 0.15) is 0 Å². The Morgan fingerprint density at radius 2 is 0.900 bits per heavy atom. The maximum Gasteiger partial charge on any atom is 0.0547 e. The molecule has 234 valence electrons. The first-order valence-electron chi connectivity index (χ1n) is 17.1. The molecule has 10 rings (SSSR count). The lowest BCUT2D eigenvalue weighted by Gasteiger charge is -2.29. The summed E-state index contributed by atoms with van der Waals surface area (Å²) in [6.07, 6.45) is 0. The molecule has 0 aliphatic carbocycles. The van der Waals surface area contributed by atoms with Crippen LogP contribution < -0.4 is 4.90 Å². The molecule has 0 spiro atoms. The molecule has 1 nitrogen and oxygen atoms in total. The Hall–Kier alpha value is -6.22. The number of anilines is 3. The summed E-state index contributed by atoms with van der Waals surface area (Å²) in [5.41, 5.74) is 8.24. The summed E-state index contributed by atoms with van der Waals surface area (Å²) >= 11 is 1.89. The van der Waals surface area contributed by atoms with Crippen molar-refractivity contribution < 1.29 is 0 Å². The van der Waals surface area contributed by atoms with Crippen molar-refractivity contribution in [2.75, 3.05) is 4.90 Å². The lowest BCUT2D eigenvalue weighted by atomic mass is 9.93. The maximum absolute atomic E-state index is 2.48. The predicted octanol–water partition coefficient (Wildman–Crippen LogP) is 14.3. The summed E-state index contributed by atoms with van der Waals surface area (Å²) in [6, 6.07) is 68.8. The zero-order chi connectivity index (χ0) is 33.0. The van der Waals surface area contributed by atoms with E-state index in [0.717, 1.165) is 11.4 Å². The summed E-state index contributed by atoms with van der Waals surface area (Å²) in [5.74, 6) is 0. The Balaban J connectivity index is 1.31. The van der Waals surface area contributed by atoms with E-state index in [1.54, 1.807) is 0 Å². The third-order valence-corrected chi connectivity index (χ3v) is 11.2. The van der Waals surface area contributed by atoms with Crippen LogP contribution in [0.2, 0.25) is 0 Å². The summed E-state index contributed by atoms with van der Waals surface area (Å²) in [7, 11) is 0. The highest BCUT2D eigenvalue weighted by Gasteiger charge is 2.21. The molecular formula is C48H31NS. The number of hydrogen-bond acceptors (Lipinski definition) is 2. The molecule has 1 aromatic heterocycles. The van der Waals surface area contributed by atoms with E-state index in [0.29, 0.717) is 0 Å². The molecular weight excluding hydrogens is 623 g/mol. The van der Waals surface area contributed by atoms with Crippen LogP contribution in [0.25, 0.3) is 74.7 Å². The lowest BCUT2D eigenvalue weighted by Crippen LogP contribution is -2.11. The van der Waals surface area contributed by atoms with Crippen molar-refractivity contribution in [3.8, 4) is 22.3 Å². The second kappa shape index (κ2) is 11.7. The predicted molar refractivity (Wildman–Crippen MR) is 217 cm³/mol. The number of thiophene rings is 1. The standard InChI is InChI=1S/C48H31NS/c1-3-13-32(14-4-1)39-28-27-37(30-43(39)33-15-5-2-6-16-33)49(36-26-25-35-24-23-34-17-7-8-18-38(34)44(35)29-36)46-31-45-41-20-11-12-22-47(41)50-48(45)42-21-10-9-19-40(42)46/h1-31H. The Labute approximate surface area is 294 Å². The highest BCUT2D eigenvalue weighted by Crippen LogP contribution is 2.48. The zero-order valence-electron chi connectivity index (χ0n) is 27.3. The van der Waals surface area contributed by atoms with E-state index in [1.165, 1.54) is 80.4 Å². The molecule has 10 aromatic rings. The van der Waals surface area contributed by atoms with Gasteiger partial charge in [0.05, 0.1) is 5.69 Å². The van der Waals surface area contributed by atoms with Gasteiger partial charge < -0.3 is 4.90 Å². The first kappa shape index (κ1) is 28.8. The SMILES string of the molecule is c1ccc(-c2ccc(N(c3ccc4ccc5ccccc5c4c3)c3cc4c5ccccc5sc4c4ccccc34)cc2-c2ccccc2)cc1. The van der Waals surface area contributed by atoms with Gasteiger partial charge >= 0.3 is 0 Å². The smallest absolute Gasteiger partial charge is 0.0547 e. The van der Waals surface area contributed by atoms with Gasteiger partial charge in [-0.15, -0.1) is 11.3 Å². The fourth-order valence-corrected chi connectivity index (χ4v) is 8.89. The molecule has 1 heterocycles. The molecule has 2 heteroatoms. The van der Waals surface area contributed by atoms with E-state index in [9.17, 15) is 0 Å². The maximum atomic E-state index is 2.48. The van der Waals surface area contributed by atoms with Gasteiger partial charge in [-0.1, -0.05) is 152 Å². The molecule has 0 saturated carbocycles. The second-order valence-electron chi connectivity index (χ2n) is 12.9. The molecule has 50 heavy (non-hydrogen) atoms. The number of fused-ring (bicyclic) bond motifs is 8. The number of nitrogens with zero attached hydrogens (tertiary/aromatic N) is 1. The van der Waals surface area contributed by atoms with Crippen LogP contribution in [0.4, 0.5) is 17.1 Å². The summed E-state index contributed by atoms with van der Waals surface area (Å²) in [6.45, 7) is 0. The fraction of sp³-hybridized carbons (Fsp3) is 0. The minimum absolute atomic E-state index is 1.12. The highest BCUT2D eigenvalue weighted by molar-refractivity contribution is 7.26. The lowest BCUT2D eigenvalue weighted by molar-refractivity contribution is 1.31. The largest absolute Gasteiger partial charge is 0.310 e. The quantitative estimate of drug-likeness (QED) is 0.167. The first-order chi connectivity index (χ1) is 24.8. The van der Waals surface area contributed by atoms with E-state index in [1.807, 2.05) is 11.3 Å². The minimum Gasteiger partial charge on any atom is -0.310 e. The zero-order valence-corrected chi connectivity index (χ0v) is 28.1. The summed E-state index contributed by atoms with van der Waals surface area (Å²) in [4.78, 5) is 2.48. The Bertz CT molecular complexity index is 2870. The molecule has 0 fully saturated rings. The third kappa shape index (κ3) is 4.69. The van der Waals surface area contributed by atoms with E-state index < -0.39 is 0 Å². The van der Waals surface area contributed by atoms with Gasteiger partial charge in [0.15, 0.2) is 0 Å². The van der Waals surface area contributed by atoms with Crippen molar-refractivity contribution in [2.24, 2.45) is 0 Å². The Morgan fingerprint density at radius 1 is 0.340 bits per heavy atom. The molecule has 9 aromatic carbocycles. The van der Waals surface area contributed by atoms with E-state index in [4.69, 9.17) is 0 Å². The number of rotatable bonds is 5. The van der Waals surface area contributed by atoms with Crippen LogP contribution in [0.1, 0.15) is 0 Å². The van der Waals surface area contributed by atoms with Gasteiger partial charge in [-0.3, -0.25) is 0 Å². The fourth-order valence-electron chi connectivity index (χ4n) is 7.67. The first-order valence-corrected chi connectivity index (χ1v) is 17.9. The van der Waals surface area contributed by atoms with Crippen molar-refractivity contribution in [1.29, 1.82) is 0 Å². The molecule has 0 saturated heterocycles. The van der Waals surface area contributed by atoms with Crippen LogP contribution in [0.15, 0.2) is 188 Å². The molecule has 0 N–H and O–H groups in total. The van der Waals surface area contributed by atoms with Crippen LogP contribution >= 0.6 is 11.3 Å². The highest BCUT2D eigenvalue weighted by atomic mass is 32.1. The molecule has 0 radical (unpaired) electrons. The molecule has 0 unspecified atom stereocenters. The molecule has 0 amide bonds. The van der Waals surface area contributed by atoms with E-state index in [2.05, 4.69) is 193 Å². The van der Waals surface area contributed by atoms with Gasteiger partial charge in [-0.25, -0.2) is 0 Å². The van der Waals surface area contributed by atoms with Crippen LogP contribution in [-0.2, 0) is 0 Å². The number of benzene rings is 9. The van der Waals surface area contributed by atoms with Crippen LogP contribution in [0.3, 0.4) is 0 Å². The summed E-state index contributed by atoms with van der Waals surface area (Å²) < 4.78 is 2.64. The van der Waals surface area contributed by atoms with Gasteiger partial charge in [-0.2, -0.15) is 0 Å². The second-order valence-corrected chi connectivity index (χ2v) is 14.0. The van der Waals surface area contributed by atoms with E-state index >= 15 is 0 Å². The monoisotopic (exact) mass is 653 g/mol. The van der Waals surface area contributed by atoms with Gasteiger partial charge in [0.25, 0.3) is 0 Å².